The molecule has 0 aromatic heterocycles. The Kier molecular flexibility index (Phi) is 9.44. The van der Waals surface area contributed by atoms with Gasteiger partial charge in [-0.15, -0.1) is 0 Å². The maximum absolute atomic E-state index is 6.21. The van der Waals surface area contributed by atoms with Gasteiger partial charge >= 0.3 is 0 Å². The van der Waals surface area contributed by atoms with Crippen molar-refractivity contribution in [1.82, 2.24) is 0 Å². The normalized spacial score (nSPS) is 11.1. The molecule has 0 spiro atoms. The van der Waals surface area contributed by atoms with Crippen LogP contribution in [0, 0.1) is 0 Å². The van der Waals surface area contributed by atoms with E-state index in [9.17, 15) is 0 Å². The van der Waals surface area contributed by atoms with Crippen LogP contribution in [-0.2, 0) is 12.8 Å². The molecule has 0 fully saturated rings. The minimum Gasteiger partial charge on any atom is -0.0898 e. The minimum atomic E-state index is -0.728. The molecule has 0 amide bonds. The predicted molar refractivity (Wildman–Crippen MR) is 184 cm³/mol. The number of halogens is 2. The lowest BCUT2D eigenvalue weighted by molar-refractivity contribution is 1.11. The van der Waals surface area contributed by atoms with Crippen LogP contribution in [0.4, 0.5) is 0 Å². The van der Waals surface area contributed by atoms with Gasteiger partial charge in [-0.2, -0.15) is 0 Å². The van der Waals surface area contributed by atoms with Crippen molar-refractivity contribution in [2.24, 2.45) is 0 Å². The van der Waals surface area contributed by atoms with Gasteiger partial charge < -0.3 is 0 Å². The van der Waals surface area contributed by atoms with Crippen LogP contribution >= 0.6 is 42.9 Å². The Labute approximate surface area is 264 Å². The van der Waals surface area contributed by atoms with Gasteiger partial charge in [0.1, 0.15) is 0 Å². The number of hydrogen-bond donors (Lipinski definition) is 0. The molecule has 0 aliphatic rings. The van der Waals surface area contributed by atoms with Crippen molar-refractivity contribution in [3.63, 3.8) is 0 Å². The first-order valence-electron chi connectivity index (χ1n) is 13.9. The molecule has 0 bridgehead atoms. The third-order valence-electron chi connectivity index (χ3n) is 7.13. The molecular weight excluding hydrogens is 590 g/mol. The molecule has 0 atom stereocenters. The molecule has 0 unspecified atom stereocenters. The minimum absolute atomic E-state index is 0.728. The van der Waals surface area contributed by atoms with Crippen LogP contribution in [0.25, 0.3) is 0 Å². The summed E-state index contributed by atoms with van der Waals surface area (Å²) < 4.78 is 0. The molecule has 0 aliphatic carbocycles. The summed E-state index contributed by atoms with van der Waals surface area (Å²) in [7, 11) is -0.728. The number of hydrogen-bond acceptors (Lipinski definition) is 1. The standard InChI is InChI=1S/C38H29Cl2PS/c39-32-14-18-34(19-15-32)41(35-20-16-33(40)17-21-35)36-22-24-37(25-23-36)42-38-9-5-4-8-31(38)27-30-12-10-29(11-13-30)26-28-6-2-1-3-7-28/h1-25H,26-27H2. The summed E-state index contributed by atoms with van der Waals surface area (Å²) in [4.78, 5) is 2.52. The van der Waals surface area contributed by atoms with Gasteiger partial charge in [0.25, 0.3) is 0 Å². The third-order valence-corrected chi connectivity index (χ3v) is 11.2. The van der Waals surface area contributed by atoms with Gasteiger partial charge in [-0.05, 0) is 101 Å². The molecule has 4 heteroatoms. The van der Waals surface area contributed by atoms with Crippen LogP contribution in [0.3, 0.4) is 0 Å². The molecular formula is C38H29Cl2PS. The van der Waals surface area contributed by atoms with Crippen LogP contribution in [0.15, 0.2) is 161 Å². The SMILES string of the molecule is Clc1ccc(P(c2ccc(Cl)cc2)c2ccc(Sc3ccccc3Cc3ccc(Cc4ccccc4)cc3)cc2)cc1. The van der Waals surface area contributed by atoms with Gasteiger partial charge in [-0.25, -0.2) is 0 Å². The van der Waals surface area contributed by atoms with E-state index in [1.165, 1.54) is 48.0 Å². The van der Waals surface area contributed by atoms with E-state index < -0.39 is 7.92 Å². The van der Waals surface area contributed by atoms with Crippen molar-refractivity contribution >= 4 is 58.8 Å². The second kappa shape index (κ2) is 13.8. The highest BCUT2D eigenvalue weighted by Gasteiger charge is 2.17. The van der Waals surface area contributed by atoms with Crippen molar-refractivity contribution < 1.29 is 0 Å². The molecule has 0 nitrogen and oxygen atoms in total. The van der Waals surface area contributed by atoms with E-state index in [0.29, 0.717) is 0 Å². The van der Waals surface area contributed by atoms with Gasteiger partial charge in [0.2, 0.25) is 0 Å². The summed E-state index contributed by atoms with van der Waals surface area (Å²) in [6.45, 7) is 0. The van der Waals surface area contributed by atoms with Crippen molar-refractivity contribution in [3.05, 3.63) is 184 Å². The molecule has 6 rings (SSSR count). The molecule has 6 aromatic rings. The fourth-order valence-electron chi connectivity index (χ4n) is 4.99. The van der Waals surface area contributed by atoms with Crippen LogP contribution in [-0.4, -0.2) is 0 Å². The Hall–Kier alpha value is -3.32. The second-order valence-electron chi connectivity index (χ2n) is 10.1. The Morgan fingerprint density at radius 3 is 1.45 bits per heavy atom. The summed E-state index contributed by atoms with van der Waals surface area (Å²) >= 11 is 14.3. The maximum atomic E-state index is 6.21. The summed E-state index contributed by atoms with van der Waals surface area (Å²) in [6.07, 6.45) is 1.87. The smallest absolute Gasteiger partial charge is 0.0406 e. The van der Waals surface area contributed by atoms with E-state index in [1.807, 2.05) is 36.0 Å². The van der Waals surface area contributed by atoms with Crippen LogP contribution in [0.5, 0.6) is 0 Å². The van der Waals surface area contributed by atoms with E-state index in [-0.39, 0.29) is 0 Å². The highest BCUT2D eigenvalue weighted by molar-refractivity contribution is 7.99. The Morgan fingerprint density at radius 2 is 0.881 bits per heavy atom. The quantitative estimate of drug-likeness (QED) is 0.145. The van der Waals surface area contributed by atoms with Crippen molar-refractivity contribution in [3.8, 4) is 0 Å². The van der Waals surface area contributed by atoms with Crippen LogP contribution in [0.2, 0.25) is 10.0 Å². The predicted octanol–water partition coefficient (Wildman–Crippen LogP) is 10.1. The zero-order chi connectivity index (χ0) is 28.7. The Bertz CT molecular complexity index is 1690. The van der Waals surface area contributed by atoms with E-state index >= 15 is 0 Å². The molecule has 0 aliphatic heterocycles. The largest absolute Gasteiger partial charge is 0.0898 e. The van der Waals surface area contributed by atoms with Gasteiger partial charge in [-0.1, -0.05) is 144 Å². The summed E-state index contributed by atoms with van der Waals surface area (Å²) in [5.74, 6) is 0. The molecule has 0 heterocycles. The topological polar surface area (TPSA) is 0 Å². The average Bonchev–Trinajstić information content (AvgIpc) is 3.02. The molecule has 206 valence electrons. The fraction of sp³-hybridized carbons (Fsp3) is 0.0526. The van der Waals surface area contributed by atoms with Gasteiger partial charge in [0.05, 0.1) is 0 Å². The van der Waals surface area contributed by atoms with E-state index in [2.05, 4.69) is 127 Å². The van der Waals surface area contributed by atoms with Gasteiger partial charge in [-0.3, -0.25) is 0 Å². The van der Waals surface area contributed by atoms with Crippen molar-refractivity contribution in [2.75, 3.05) is 0 Å². The summed E-state index contributed by atoms with van der Waals surface area (Å²) in [6, 6.07) is 53.9. The molecule has 0 N–H and O–H groups in total. The highest BCUT2D eigenvalue weighted by atomic mass is 35.5. The highest BCUT2D eigenvalue weighted by Crippen LogP contribution is 2.36. The van der Waals surface area contributed by atoms with E-state index in [4.69, 9.17) is 23.2 Å². The Morgan fingerprint density at radius 1 is 0.429 bits per heavy atom. The monoisotopic (exact) mass is 618 g/mol. The fourth-order valence-corrected chi connectivity index (χ4v) is 8.43. The third kappa shape index (κ3) is 7.35. The lowest BCUT2D eigenvalue weighted by atomic mass is 10.0. The molecule has 6 aromatic carbocycles. The first-order chi connectivity index (χ1) is 20.6. The second-order valence-corrected chi connectivity index (χ2v) is 14.4. The first-order valence-corrected chi connectivity index (χ1v) is 16.8. The first kappa shape index (κ1) is 28.8. The maximum Gasteiger partial charge on any atom is 0.0406 e. The van der Waals surface area contributed by atoms with Crippen LogP contribution in [0.1, 0.15) is 22.3 Å². The molecule has 0 saturated carbocycles. The lowest BCUT2D eigenvalue weighted by Gasteiger charge is -2.20. The number of benzene rings is 6. The molecule has 0 saturated heterocycles. The van der Waals surface area contributed by atoms with Gasteiger partial charge in [0.15, 0.2) is 0 Å². The summed E-state index contributed by atoms with van der Waals surface area (Å²) in [5.41, 5.74) is 5.34. The van der Waals surface area contributed by atoms with E-state index in [0.717, 1.165) is 22.9 Å². The summed E-state index contributed by atoms with van der Waals surface area (Å²) in [5, 5.41) is 5.31. The van der Waals surface area contributed by atoms with Crippen molar-refractivity contribution in [1.29, 1.82) is 0 Å². The molecule has 42 heavy (non-hydrogen) atoms. The average molecular weight is 620 g/mol. The Balaban J connectivity index is 1.19. The number of rotatable bonds is 9. The van der Waals surface area contributed by atoms with Crippen molar-refractivity contribution in [2.45, 2.75) is 22.6 Å². The zero-order valence-corrected chi connectivity index (χ0v) is 26.2. The van der Waals surface area contributed by atoms with Gasteiger partial charge in [0, 0.05) is 19.8 Å². The zero-order valence-electron chi connectivity index (χ0n) is 23.0. The van der Waals surface area contributed by atoms with E-state index in [1.54, 1.807) is 0 Å². The molecule has 0 radical (unpaired) electrons. The van der Waals surface area contributed by atoms with Crippen LogP contribution < -0.4 is 15.9 Å². The lowest BCUT2D eigenvalue weighted by Crippen LogP contribution is -2.20.